The van der Waals surface area contributed by atoms with Crippen molar-refractivity contribution in [2.75, 3.05) is 6.54 Å². The standard InChI is InChI=1S/C17H19ClFNO/c1-4-20-10-13-6-5-7-15(19)17(13)21-16-11(2)8-14(18)9-12(16)3/h5-9,20H,4,10H2,1-3H3. The van der Waals surface area contributed by atoms with Gasteiger partial charge in [-0.2, -0.15) is 0 Å². The van der Waals surface area contributed by atoms with Gasteiger partial charge in [0.15, 0.2) is 11.6 Å². The Kier molecular flexibility index (Phi) is 5.21. The average Bonchev–Trinajstić information content (AvgIpc) is 2.42. The number of aryl methyl sites for hydroxylation is 2. The molecule has 0 atom stereocenters. The minimum Gasteiger partial charge on any atom is -0.453 e. The molecule has 0 fully saturated rings. The van der Waals surface area contributed by atoms with Gasteiger partial charge in [0.1, 0.15) is 5.75 Å². The van der Waals surface area contributed by atoms with Crippen LogP contribution in [-0.4, -0.2) is 6.54 Å². The number of ether oxygens (including phenoxy) is 1. The van der Waals surface area contributed by atoms with Crippen molar-refractivity contribution >= 4 is 11.6 Å². The maximum Gasteiger partial charge on any atom is 0.167 e. The largest absolute Gasteiger partial charge is 0.453 e. The Hall–Kier alpha value is -1.58. The van der Waals surface area contributed by atoms with Crippen molar-refractivity contribution in [3.05, 3.63) is 57.9 Å². The first-order chi connectivity index (χ1) is 10.0. The summed E-state index contributed by atoms with van der Waals surface area (Å²) in [6, 6.07) is 8.59. The van der Waals surface area contributed by atoms with Crippen LogP contribution in [0.15, 0.2) is 30.3 Å². The molecule has 0 saturated carbocycles. The number of benzene rings is 2. The minimum atomic E-state index is -0.362. The molecular weight excluding hydrogens is 289 g/mol. The molecule has 2 nitrogen and oxygen atoms in total. The van der Waals surface area contributed by atoms with E-state index < -0.39 is 0 Å². The molecule has 0 unspecified atom stereocenters. The van der Waals surface area contributed by atoms with Crippen LogP contribution in [0.1, 0.15) is 23.6 Å². The summed E-state index contributed by atoms with van der Waals surface area (Å²) < 4.78 is 20.0. The first-order valence-corrected chi connectivity index (χ1v) is 7.33. The van der Waals surface area contributed by atoms with Crippen LogP contribution < -0.4 is 10.1 Å². The highest BCUT2D eigenvalue weighted by Crippen LogP contribution is 2.34. The highest BCUT2D eigenvalue weighted by molar-refractivity contribution is 6.30. The first kappa shape index (κ1) is 15.8. The fourth-order valence-electron chi connectivity index (χ4n) is 2.23. The second-order valence-corrected chi connectivity index (χ2v) is 5.42. The van der Waals surface area contributed by atoms with Crippen molar-refractivity contribution < 1.29 is 9.13 Å². The average molecular weight is 308 g/mol. The van der Waals surface area contributed by atoms with Gasteiger partial charge < -0.3 is 10.1 Å². The maximum absolute atomic E-state index is 14.1. The van der Waals surface area contributed by atoms with E-state index in [4.69, 9.17) is 16.3 Å². The van der Waals surface area contributed by atoms with E-state index in [1.165, 1.54) is 6.07 Å². The van der Waals surface area contributed by atoms with Crippen molar-refractivity contribution in [1.29, 1.82) is 0 Å². The van der Waals surface area contributed by atoms with E-state index in [1.807, 2.05) is 39.0 Å². The Balaban J connectivity index is 2.39. The minimum absolute atomic E-state index is 0.270. The highest BCUT2D eigenvalue weighted by Gasteiger charge is 2.14. The Morgan fingerprint density at radius 3 is 2.43 bits per heavy atom. The molecule has 0 spiro atoms. The van der Waals surface area contributed by atoms with E-state index in [9.17, 15) is 4.39 Å². The molecule has 21 heavy (non-hydrogen) atoms. The zero-order valence-corrected chi connectivity index (χ0v) is 13.2. The SMILES string of the molecule is CCNCc1cccc(F)c1Oc1c(C)cc(Cl)cc1C. The monoisotopic (exact) mass is 307 g/mol. The molecule has 1 N–H and O–H groups in total. The molecule has 112 valence electrons. The van der Waals surface area contributed by atoms with Gasteiger partial charge >= 0.3 is 0 Å². The second-order valence-electron chi connectivity index (χ2n) is 4.98. The molecule has 0 aliphatic carbocycles. The Morgan fingerprint density at radius 1 is 1.14 bits per heavy atom. The number of hydrogen-bond donors (Lipinski definition) is 1. The fourth-order valence-corrected chi connectivity index (χ4v) is 2.55. The lowest BCUT2D eigenvalue weighted by Crippen LogP contribution is -2.13. The summed E-state index contributed by atoms with van der Waals surface area (Å²) in [4.78, 5) is 0. The molecule has 0 radical (unpaired) electrons. The highest BCUT2D eigenvalue weighted by atomic mass is 35.5. The molecule has 2 rings (SSSR count). The van der Waals surface area contributed by atoms with Crippen LogP contribution in [0.2, 0.25) is 5.02 Å². The van der Waals surface area contributed by atoms with Crippen molar-refractivity contribution in [2.45, 2.75) is 27.3 Å². The van der Waals surface area contributed by atoms with Crippen molar-refractivity contribution in [3.8, 4) is 11.5 Å². The van der Waals surface area contributed by atoms with Crippen molar-refractivity contribution in [1.82, 2.24) is 5.32 Å². The zero-order chi connectivity index (χ0) is 15.4. The van der Waals surface area contributed by atoms with Crippen LogP contribution in [-0.2, 0) is 6.54 Å². The third kappa shape index (κ3) is 3.74. The Morgan fingerprint density at radius 2 is 1.81 bits per heavy atom. The molecule has 0 aliphatic rings. The quantitative estimate of drug-likeness (QED) is 0.839. The lowest BCUT2D eigenvalue weighted by molar-refractivity contribution is 0.429. The summed E-state index contributed by atoms with van der Waals surface area (Å²) in [6.45, 7) is 7.19. The van der Waals surface area contributed by atoms with Crippen molar-refractivity contribution in [3.63, 3.8) is 0 Å². The molecular formula is C17H19ClFNO. The van der Waals surface area contributed by atoms with Crippen LogP contribution in [0.4, 0.5) is 4.39 Å². The van der Waals surface area contributed by atoms with Gasteiger partial charge in [0.2, 0.25) is 0 Å². The molecule has 0 aliphatic heterocycles. The van der Waals surface area contributed by atoms with Crippen LogP contribution in [0.5, 0.6) is 11.5 Å². The van der Waals surface area contributed by atoms with Crippen molar-refractivity contribution in [2.24, 2.45) is 0 Å². The normalized spacial score (nSPS) is 10.7. The molecule has 0 saturated heterocycles. The van der Waals surface area contributed by atoms with Crippen LogP contribution in [0, 0.1) is 19.7 Å². The Bertz CT molecular complexity index is 620. The number of para-hydroxylation sites is 1. The van der Waals surface area contributed by atoms with Gasteiger partial charge in [0.25, 0.3) is 0 Å². The number of hydrogen-bond acceptors (Lipinski definition) is 2. The van der Waals surface area contributed by atoms with Crippen LogP contribution in [0.3, 0.4) is 0 Å². The third-order valence-electron chi connectivity index (χ3n) is 3.24. The smallest absolute Gasteiger partial charge is 0.167 e. The topological polar surface area (TPSA) is 21.3 Å². The van der Waals surface area contributed by atoms with Gasteiger partial charge in [-0.05, 0) is 49.7 Å². The molecule has 0 bridgehead atoms. The third-order valence-corrected chi connectivity index (χ3v) is 3.46. The summed E-state index contributed by atoms with van der Waals surface area (Å²) in [5.74, 6) is 0.563. The van der Waals surface area contributed by atoms with Gasteiger partial charge in [0.05, 0.1) is 0 Å². The zero-order valence-electron chi connectivity index (χ0n) is 12.5. The van der Waals surface area contributed by atoms with E-state index in [0.29, 0.717) is 17.3 Å². The molecule has 0 heterocycles. The summed E-state index contributed by atoms with van der Waals surface area (Å²) in [6.07, 6.45) is 0. The summed E-state index contributed by atoms with van der Waals surface area (Å²) in [5.41, 5.74) is 2.57. The van der Waals surface area contributed by atoms with E-state index >= 15 is 0 Å². The van der Waals surface area contributed by atoms with E-state index in [-0.39, 0.29) is 11.6 Å². The number of nitrogens with one attached hydrogen (secondary N) is 1. The van der Waals surface area contributed by atoms with E-state index in [2.05, 4.69) is 5.32 Å². The summed E-state index contributed by atoms with van der Waals surface area (Å²) in [5, 5.41) is 3.84. The fraction of sp³-hybridized carbons (Fsp3) is 0.294. The first-order valence-electron chi connectivity index (χ1n) is 6.95. The summed E-state index contributed by atoms with van der Waals surface area (Å²) >= 11 is 6.02. The predicted molar refractivity (Wildman–Crippen MR) is 84.8 cm³/mol. The maximum atomic E-state index is 14.1. The van der Waals surface area contributed by atoms with Gasteiger partial charge in [-0.15, -0.1) is 0 Å². The van der Waals surface area contributed by atoms with Gasteiger partial charge in [-0.1, -0.05) is 30.7 Å². The molecule has 4 heteroatoms. The van der Waals surface area contributed by atoms with Crippen LogP contribution in [0.25, 0.3) is 0 Å². The Labute approximate surface area is 129 Å². The van der Waals surface area contributed by atoms with Crippen LogP contribution >= 0.6 is 11.6 Å². The van der Waals surface area contributed by atoms with Gasteiger partial charge in [-0.25, -0.2) is 4.39 Å². The summed E-state index contributed by atoms with van der Waals surface area (Å²) in [7, 11) is 0. The predicted octanol–water partition coefficient (Wildman–Crippen LogP) is 5.00. The van der Waals surface area contributed by atoms with Gasteiger partial charge in [0, 0.05) is 17.1 Å². The lowest BCUT2D eigenvalue weighted by Gasteiger charge is -2.16. The lowest BCUT2D eigenvalue weighted by atomic mass is 10.1. The molecule has 0 amide bonds. The van der Waals surface area contributed by atoms with E-state index in [1.54, 1.807) is 6.07 Å². The molecule has 2 aromatic carbocycles. The molecule has 2 aromatic rings. The second kappa shape index (κ2) is 6.92. The number of halogens is 2. The molecule has 0 aromatic heterocycles. The number of rotatable bonds is 5. The van der Waals surface area contributed by atoms with E-state index in [0.717, 1.165) is 23.2 Å². The van der Waals surface area contributed by atoms with Gasteiger partial charge in [-0.3, -0.25) is 0 Å².